The molecule has 0 amide bonds. The molecule has 0 radical (unpaired) electrons. The largest absolute Gasteiger partial charge is 0.490 e. The minimum Gasteiger partial charge on any atom is -0.490 e. The Morgan fingerprint density at radius 3 is 1.68 bits per heavy atom. The molecule has 0 saturated carbocycles. The maximum absolute atomic E-state index is 6.64. The van der Waals surface area contributed by atoms with E-state index < -0.39 is 0 Å². The van der Waals surface area contributed by atoms with Crippen molar-refractivity contribution in [2.75, 3.05) is 0 Å². The number of ether oxygens (including phenoxy) is 2. The van der Waals surface area contributed by atoms with E-state index in [9.17, 15) is 0 Å². The normalized spacial score (nSPS) is 22.2. The third-order valence-corrected chi connectivity index (χ3v) is 5.63. The molecule has 2 aromatic carbocycles. The summed E-state index contributed by atoms with van der Waals surface area (Å²) in [4.78, 5) is 0. The van der Waals surface area contributed by atoms with Gasteiger partial charge in [0.15, 0.2) is 0 Å². The third-order valence-electron chi connectivity index (χ3n) is 5.63. The molecule has 2 heteroatoms. The molecule has 132 valence electrons. The minimum atomic E-state index is 0.234. The van der Waals surface area contributed by atoms with Crippen LogP contribution < -0.4 is 9.47 Å². The van der Waals surface area contributed by atoms with Crippen molar-refractivity contribution in [1.29, 1.82) is 0 Å². The Bertz CT molecular complexity index is 686. The molecular weight excluding hydrogens is 308 g/mol. The van der Waals surface area contributed by atoms with Crippen LogP contribution in [0.4, 0.5) is 0 Å². The van der Waals surface area contributed by atoms with Crippen LogP contribution in [-0.4, -0.2) is 12.2 Å². The van der Waals surface area contributed by atoms with Crippen LogP contribution >= 0.6 is 0 Å². The van der Waals surface area contributed by atoms with E-state index >= 15 is 0 Å². The molecule has 2 heterocycles. The molecule has 0 saturated heterocycles. The molecule has 0 aromatic heterocycles. The van der Waals surface area contributed by atoms with Crippen molar-refractivity contribution in [2.45, 2.75) is 71.0 Å². The highest BCUT2D eigenvalue weighted by molar-refractivity contribution is 5.45. The SMILES string of the molecule is CCc1cccc2c1OC1CCCC(C2)Oc2c(CC)cccc2C1. The second-order valence-electron chi connectivity index (χ2n) is 7.34. The first-order chi connectivity index (χ1) is 12.3. The average molecular weight is 336 g/mol. The van der Waals surface area contributed by atoms with Crippen LogP contribution in [0.5, 0.6) is 11.5 Å². The second-order valence-corrected chi connectivity index (χ2v) is 7.34. The van der Waals surface area contributed by atoms with Gasteiger partial charge in [0.1, 0.15) is 23.7 Å². The third kappa shape index (κ3) is 3.27. The lowest BCUT2D eigenvalue weighted by Crippen LogP contribution is -2.23. The minimum absolute atomic E-state index is 0.234. The average Bonchev–Trinajstić information content (AvgIpc) is 2.77. The first-order valence-corrected chi connectivity index (χ1v) is 9.83. The lowest BCUT2D eigenvalue weighted by molar-refractivity contribution is 0.186. The van der Waals surface area contributed by atoms with E-state index in [-0.39, 0.29) is 12.2 Å². The molecule has 0 fully saturated rings. The molecular formula is C23H28O2. The maximum Gasteiger partial charge on any atom is 0.126 e. The Labute approximate surface area is 151 Å². The summed E-state index contributed by atoms with van der Waals surface area (Å²) < 4.78 is 13.3. The summed E-state index contributed by atoms with van der Waals surface area (Å²) in [6, 6.07) is 13.2. The number of hydrogen-bond acceptors (Lipinski definition) is 2. The highest BCUT2D eigenvalue weighted by Crippen LogP contribution is 2.36. The molecule has 2 aliphatic heterocycles. The van der Waals surface area contributed by atoms with Crippen LogP contribution in [0.3, 0.4) is 0 Å². The molecule has 2 bridgehead atoms. The molecule has 0 spiro atoms. The van der Waals surface area contributed by atoms with Crippen LogP contribution in [-0.2, 0) is 25.7 Å². The van der Waals surface area contributed by atoms with Crippen molar-refractivity contribution < 1.29 is 9.47 Å². The fraction of sp³-hybridized carbons (Fsp3) is 0.478. The molecule has 2 unspecified atom stereocenters. The number of aryl methyl sites for hydroxylation is 2. The molecule has 2 aromatic rings. The summed E-state index contributed by atoms with van der Waals surface area (Å²) in [6.07, 6.45) is 7.74. The van der Waals surface area contributed by atoms with Crippen LogP contribution in [0.15, 0.2) is 36.4 Å². The summed E-state index contributed by atoms with van der Waals surface area (Å²) in [6.45, 7) is 4.42. The van der Waals surface area contributed by atoms with E-state index in [1.54, 1.807) is 0 Å². The second kappa shape index (κ2) is 7.11. The number of hydrogen-bond donors (Lipinski definition) is 0. The smallest absolute Gasteiger partial charge is 0.126 e. The van der Waals surface area contributed by atoms with Gasteiger partial charge in [-0.1, -0.05) is 50.2 Å². The van der Waals surface area contributed by atoms with Crippen LogP contribution in [0, 0.1) is 0 Å². The summed E-state index contributed by atoms with van der Waals surface area (Å²) in [5, 5.41) is 0. The molecule has 2 nitrogen and oxygen atoms in total. The summed E-state index contributed by atoms with van der Waals surface area (Å²) in [5.74, 6) is 2.25. The first-order valence-electron chi connectivity index (χ1n) is 9.83. The molecule has 2 aliphatic rings. The van der Waals surface area contributed by atoms with Crippen molar-refractivity contribution in [3.8, 4) is 11.5 Å². The van der Waals surface area contributed by atoms with Gasteiger partial charge in [-0.3, -0.25) is 0 Å². The highest BCUT2D eigenvalue weighted by atomic mass is 16.5. The van der Waals surface area contributed by atoms with Crippen LogP contribution in [0.1, 0.15) is 55.4 Å². The van der Waals surface area contributed by atoms with Gasteiger partial charge in [0.25, 0.3) is 0 Å². The van der Waals surface area contributed by atoms with E-state index in [1.165, 1.54) is 28.7 Å². The molecule has 0 aliphatic carbocycles. The van der Waals surface area contributed by atoms with E-state index in [0.717, 1.165) is 50.0 Å². The zero-order valence-corrected chi connectivity index (χ0v) is 15.4. The Morgan fingerprint density at radius 1 is 0.760 bits per heavy atom. The van der Waals surface area contributed by atoms with Gasteiger partial charge < -0.3 is 9.47 Å². The summed E-state index contributed by atoms with van der Waals surface area (Å²) >= 11 is 0. The number of para-hydroxylation sites is 2. The van der Waals surface area contributed by atoms with Crippen molar-refractivity contribution in [3.63, 3.8) is 0 Å². The van der Waals surface area contributed by atoms with Gasteiger partial charge in [0.2, 0.25) is 0 Å². The van der Waals surface area contributed by atoms with Gasteiger partial charge in [-0.15, -0.1) is 0 Å². The van der Waals surface area contributed by atoms with Crippen LogP contribution in [0.25, 0.3) is 0 Å². The van der Waals surface area contributed by atoms with E-state index in [2.05, 4.69) is 50.2 Å². The summed E-state index contributed by atoms with van der Waals surface area (Å²) in [5.41, 5.74) is 5.28. The van der Waals surface area contributed by atoms with E-state index in [1.807, 2.05) is 0 Å². The van der Waals surface area contributed by atoms with Crippen molar-refractivity contribution in [3.05, 3.63) is 58.7 Å². The Kier molecular flexibility index (Phi) is 4.70. The standard InChI is InChI=1S/C23H28O2/c1-3-16-8-5-10-18-14-21-13-7-12-20(24-22(16)18)15-19-11-6-9-17(4-2)23(19)25-21/h5-6,8-11,20-21H,3-4,7,12-15H2,1-2H3. The lowest BCUT2D eigenvalue weighted by atomic mass is 9.99. The summed E-state index contributed by atoms with van der Waals surface area (Å²) in [7, 11) is 0. The monoisotopic (exact) mass is 336 g/mol. The fourth-order valence-electron chi connectivity index (χ4n) is 4.26. The first kappa shape index (κ1) is 16.5. The maximum atomic E-state index is 6.64. The van der Waals surface area contributed by atoms with E-state index in [0.29, 0.717) is 0 Å². The fourth-order valence-corrected chi connectivity index (χ4v) is 4.26. The number of fused-ring (bicyclic) bond motifs is 6. The van der Waals surface area contributed by atoms with Gasteiger partial charge in [-0.2, -0.15) is 0 Å². The molecule has 0 N–H and O–H groups in total. The highest BCUT2D eigenvalue weighted by Gasteiger charge is 2.27. The Hall–Kier alpha value is -1.96. The topological polar surface area (TPSA) is 18.5 Å². The number of rotatable bonds is 2. The molecule has 2 atom stereocenters. The van der Waals surface area contributed by atoms with Gasteiger partial charge in [0.05, 0.1) is 0 Å². The Balaban J connectivity index is 1.80. The molecule has 4 rings (SSSR count). The van der Waals surface area contributed by atoms with Gasteiger partial charge in [0, 0.05) is 12.8 Å². The predicted octanol–water partition coefficient (Wildman–Crippen LogP) is 5.29. The van der Waals surface area contributed by atoms with Crippen molar-refractivity contribution >= 4 is 0 Å². The van der Waals surface area contributed by atoms with E-state index in [4.69, 9.17) is 9.47 Å². The zero-order chi connectivity index (χ0) is 17.2. The zero-order valence-electron chi connectivity index (χ0n) is 15.4. The molecule has 25 heavy (non-hydrogen) atoms. The van der Waals surface area contributed by atoms with Gasteiger partial charge in [-0.05, 0) is 54.4 Å². The quantitative estimate of drug-likeness (QED) is 0.742. The predicted molar refractivity (Wildman–Crippen MR) is 102 cm³/mol. The Morgan fingerprint density at radius 2 is 1.24 bits per heavy atom. The van der Waals surface area contributed by atoms with Crippen molar-refractivity contribution in [2.24, 2.45) is 0 Å². The van der Waals surface area contributed by atoms with Gasteiger partial charge in [-0.25, -0.2) is 0 Å². The number of benzene rings is 2. The van der Waals surface area contributed by atoms with Crippen molar-refractivity contribution in [1.82, 2.24) is 0 Å². The van der Waals surface area contributed by atoms with Crippen LogP contribution in [0.2, 0.25) is 0 Å². The van der Waals surface area contributed by atoms with Gasteiger partial charge >= 0.3 is 0 Å². The lowest BCUT2D eigenvalue weighted by Gasteiger charge is -2.27.